The van der Waals surface area contributed by atoms with Crippen molar-refractivity contribution in [2.24, 2.45) is 0 Å². The minimum atomic E-state index is -0.484. The first-order chi connectivity index (χ1) is 14.2. The Morgan fingerprint density at radius 1 is 1.17 bits per heavy atom. The predicted octanol–water partition coefficient (Wildman–Crippen LogP) is 3.47. The largest absolute Gasteiger partial charge is 0.484 e. The summed E-state index contributed by atoms with van der Waals surface area (Å²) in [7, 11) is 0. The molecule has 1 aromatic carbocycles. The summed E-state index contributed by atoms with van der Waals surface area (Å²) >= 11 is 4.78. The van der Waals surface area contributed by atoms with Gasteiger partial charge in [-0.25, -0.2) is 4.98 Å². The van der Waals surface area contributed by atoms with E-state index in [2.05, 4.69) is 10.3 Å². The van der Waals surface area contributed by atoms with Crippen molar-refractivity contribution in [1.82, 2.24) is 15.2 Å². The summed E-state index contributed by atoms with van der Waals surface area (Å²) in [5.74, 6) is 1.37. The van der Waals surface area contributed by atoms with E-state index in [1.54, 1.807) is 51.5 Å². The average Bonchev–Trinajstić information content (AvgIpc) is 3.51. The second-order valence-electron chi connectivity index (χ2n) is 6.32. The standard InChI is InChI=1S/C20H19N3O3S3/c24-18(10-26-15-5-2-1-3-6-15)23-13-27-12-16(23)19(25)21-9-14-11-29-20(22-14)17-7-4-8-28-17/h1-8,11,16H,9-10,12-13H2,(H,21,25)/t16-/m1/s1. The highest BCUT2D eigenvalue weighted by molar-refractivity contribution is 7.99. The maximum Gasteiger partial charge on any atom is 0.261 e. The van der Waals surface area contributed by atoms with Crippen LogP contribution < -0.4 is 10.1 Å². The molecule has 29 heavy (non-hydrogen) atoms. The van der Waals surface area contributed by atoms with Gasteiger partial charge in [0.1, 0.15) is 16.8 Å². The van der Waals surface area contributed by atoms with E-state index in [1.807, 2.05) is 41.1 Å². The molecule has 1 atom stereocenters. The van der Waals surface area contributed by atoms with Crippen LogP contribution >= 0.6 is 34.4 Å². The molecule has 0 bridgehead atoms. The molecule has 1 aliphatic rings. The van der Waals surface area contributed by atoms with Gasteiger partial charge in [0.15, 0.2) is 6.61 Å². The zero-order chi connectivity index (χ0) is 20.1. The smallest absolute Gasteiger partial charge is 0.261 e. The lowest BCUT2D eigenvalue weighted by molar-refractivity contribution is -0.139. The molecule has 9 heteroatoms. The number of carbonyl (C=O) groups is 2. The quantitative estimate of drug-likeness (QED) is 0.603. The fourth-order valence-corrected chi connectivity index (χ4v) is 5.66. The molecule has 4 rings (SSSR count). The van der Waals surface area contributed by atoms with Gasteiger partial charge in [0, 0.05) is 11.1 Å². The first kappa shape index (κ1) is 19.9. The number of thioether (sulfide) groups is 1. The molecule has 3 heterocycles. The van der Waals surface area contributed by atoms with Gasteiger partial charge in [-0.15, -0.1) is 34.4 Å². The Hall–Kier alpha value is -2.36. The third-order valence-corrected chi connectivity index (χ3v) is 7.28. The fraction of sp³-hybridized carbons (Fsp3) is 0.250. The Labute approximate surface area is 180 Å². The molecule has 0 radical (unpaired) electrons. The number of nitrogens with one attached hydrogen (secondary N) is 1. The van der Waals surface area contributed by atoms with Crippen LogP contribution in [0.5, 0.6) is 5.75 Å². The number of rotatable bonds is 7. The molecular formula is C20H19N3O3S3. The Bertz CT molecular complexity index is 960. The van der Waals surface area contributed by atoms with Crippen LogP contribution in [0.25, 0.3) is 9.88 Å². The summed E-state index contributed by atoms with van der Waals surface area (Å²) in [6.45, 7) is 0.273. The van der Waals surface area contributed by atoms with Crippen molar-refractivity contribution in [2.45, 2.75) is 12.6 Å². The average molecular weight is 446 g/mol. The Morgan fingerprint density at radius 3 is 2.83 bits per heavy atom. The van der Waals surface area contributed by atoms with Crippen LogP contribution in [0.3, 0.4) is 0 Å². The molecule has 1 aliphatic heterocycles. The van der Waals surface area contributed by atoms with Gasteiger partial charge in [-0.2, -0.15) is 0 Å². The molecule has 3 aromatic rings. The Kier molecular flexibility index (Phi) is 6.48. The molecule has 1 fully saturated rings. The van der Waals surface area contributed by atoms with Crippen molar-refractivity contribution in [3.05, 3.63) is 58.9 Å². The van der Waals surface area contributed by atoms with Gasteiger partial charge in [0.25, 0.3) is 5.91 Å². The minimum Gasteiger partial charge on any atom is -0.484 e. The van der Waals surface area contributed by atoms with E-state index in [0.717, 1.165) is 15.6 Å². The first-order valence-corrected chi connectivity index (χ1v) is 11.9. The molecule has 0 aliphatic carbocycles. The summed E-state index contributed by atoms with van der Waals surface area (Å²) < 4.78 is 5.54. The van der Waals surface area contributed by atoms with Gasteiger partial charge in [-0.05, 0) is 23.6 Å². The number of amides is 2. The molecule has 0 unspecified atom stereocenters. The van der Waals surface area contributed by atoms with Gasteiger partial charge in [-0.1, -0.05) is 24.3 Å². The van der Waals surface area contributed by atoms with Crippen molar-refractivity contribution in [3.63, 3.8) is 0 Å². The van der Waals surface area contributed by atoms with Crippen molar-refractivity contribution < 1.29 is 14.3 Å². The van der Waals surface area contributed by atoms with E-state index in [0.29, 0.717) is 23.9 Å². The predicted molar refractivity (Wildman–Crippen MR) is 117 cm³/mol. The van der Waals surface area contributed by atoms with Crippen molar-refractivity contribution in [3.8, 4) is 15.6 Å². The van der Waals surface area contributed by atoms with E-state index in [4.69, 9.17) is 4.74 Å². The van der Waals surface area contributed by atoms with Gasteiger partial charge in [0.05, 0.1) is 23.0 Å². The number of hydrogen-bond donors (Lipinski definition) is 1. The summed E-state index contributed by atoms with van der Waals surface area (Å²) in [5, 5.41) is 7.84. The third-order valence-electron chi connectivity index (χ3n) is 4.34. The second kappa shape index (κ2) is 9.43. The summed E-state index contributed by atoms with van der Waals surface area (Å²) in [4.78, 5) is 32.5. The zero-order valence-electron chi connectivity index (χ0n) is 15.4. The number of ether oxygens (including phenoxy) is 1. The van der Waals surface area contributed by atoms with E-state index < -0.39 is 6.04 Å². The van der Waals surface area contributed by atoms with Crippen molar-refractivity contribution in [2.75, 3.05) is 18.2 Å². The molecule has 1 N–H and O–H groups in total. The Balaban J connectivity index is 1.30. The number of nitrogens with zero attached hydrogens (tertiary/aromatic N) is 2. The van der Waals surface area contributed by atoms with Crippen LogP contribution in [0.4, 0.5) is 0 Å². The maximum atomic E-state index is 12.7. The minimum absolute atomic E-state index is 0.0788. The number of para-hydroxylation sites is 1. The second-order valence-corrected chi connectivity index (χ2v) is 9.13. The molecule has 2 amide bonds. The molecular weight excluding hydrogens is 426 g/mol. The molecule has 2 aromatic heterocycles. The lowest BCUT2D eigenvalue weighted by atomic mass is 10.2. The third kappa shape index (κ3) is 4.98. The van der Waals surface area contributed by atoms with Gasteiger partial charge in [-0.3, -0.25) is 9.59 Å². The van der Waals surface area contributed by atoms with Crippen LogP contribution in [0.15, 0.2) is 53.2 Å². The molecule has 1 saturated heterocycles. The molecule has 0 spiro atoms. The van der Waals surface area contributed by atoms with E-state index in [9.17, 15) is 9.59 Å². The number of aromatic nitrogens is 1. The van der Waals surface area contributed by atoms with Gasteiger partial charge >= 0.3 is 0 Å². The van der Waals surface area contributed by atoms with Crippen molar-refractivity contribution in [1.29, 1.82) is 0 Å². The summed E-state index contributed by atoms with van der Waals surface area (Å²) in [6.07, 6.45) is 0. The Morgan fingerprint density at radius 2 is 2.03 bits per heavy atom. The first-order valence-electron chi connectivity index (χ1n) is 9.02. The number of hydrogen-bond acceptors (Lipinski definition) is 7. The summed E-state index contributed by atoms with van der Waals surface area (Å²) in [5.41, 5.74) is 0.822. The lowest BCUT2D eigenvalue weighted by Gasteiger charge is -2.23. The van der Waals surface area contributed by atoms with E-state index in [-0.39, 0.29) is 18.4 Å². The van der Waals surface area contributed by atoms with Crippen LogP contribution in [0.1, 0.15) is 5.69 Å². The zero-order valence-corrected chi connectivity index (χ0v) is 17.9. The molecule has 0 saturated carbocycles. The van der Waals surface area contributed by atoms with Crippen LogP contribution in [0.2, 0.25) is 0 Å². The van der Waals surface area contributed by atoms with Gasteiger partial charge < -0.3 is 15.0 Å². The maximum absolute atomic E-state index is 12.7. The van der Waals surface area contributed by atoms with E-state index in [1.165, 1.54) is 0 Å². The molecule has 150 valence electrons. The highest BCUT2D eigenvalue weighted by Gasteiger charge is 2.34. The highest BCUT2D eigenvalue weighted by atomic mass is 32.2. The summed E-state index contributed by atoms with van der Waals surface area (Å²) in [6, 6.07) is 12.7. The normalized spacial score (nSPS) is 16.0. The topological polar surface area (TPSA) is 71.5 Å². The van der Waals surface area contributed by atoms with Crippen LogP contribution in [0, 0.1) is 0 Å². The van der Waals surface area contributed by atoms with Crippen LogP contribution in [-0.4, -0.2) is 46.0 Å². The monoisotopic (exact) mass is 445 g/mol. The fourth-order valence-electron chi connectivity index (χ4n) is 2.85. The number of benzene rings is 1. The number of carbonyl (C=O) groups excluding carboxylic acids is 2. The van der Waals surface area contributed by atoms with Crippen molar-refractivity contribution >= 4 is 46.2 Å². The van der Waals surface area contributed by atoms with Gasteiger partial charge in [0.2, 0.25) is 5.91 Å². The SMILES string of the molecule is O=C(NCc1csc(-c2cccs2)n1)[C@H]1CSCN1C(=O)COc1ccccc1. The van der Waals surface area contributed by atoms with E-state index >= 15 is 0 Å². The molecule has 6 nitrogen and oxygen atoms in total. The van der Waals surface area contributed by atoms with Crippen LogP contribution in [-0.2, 0) is 16.1 Å². The highest BCUT2D eigenvalue weighted by Crippen LogP contribution is 2.28. The lowest BCUT2D eigenvalue weighted by Crippen LogP contribution is -2.48. The number of thiophene rings is 1. The number of thiazole rings is 1.